The van der Waals surface area contributed by atoms with Gasteiger partial charge < -0.3 is 10.1 Å². The Kier molecular flexibility index (Phi) is 5.82. The number of halogens is 3. The Bertz CT molecular complexity index is 393. The average Bonchev–Trinajstić information content (AvgIpc) is 2.35. The molecule has 5 heteroatoms. The first kappa shape index (κ1) is 16.0. The molecule has 2 atom stereocenters. The van der Waals surface area contributed by atoms with Crippen LogP contribution in [0, 0.1) is 5.92 Å². The van der Waals surface area contributed by atoms with Gasteiger partial charge in [0.2, 0.25) is 0 Å². The molecule has 2 unspecified atom stereocenters. The summed E-state index contributed by atoms with van der Waals surface area (Å²) in [6.45, 7) is 4.92. The Hall–Kier alpha value is -1.07. The van der Waals surface area contributed by atoms with Crippen LogP contribution in [-0.2, 0) is 10.9 Å². The van der Waals surface area contributed by atoms with Gasteiger partial charge in [-0.1, -0.05) is 25.1 Å². The number of benzene rings is 1. The van der Waals surface area contributed by atoms with Crippen LogP contribution in [0.2, 0.25) is 0 Å². The van der Waals surface area contributed by atoms with E-state index in [0.29, 0.717) is 13.2 Å². The molecule has 1 rings (SSSR count). The first-order chi connectivity index (χ1) is 8.86. The van der Waals surface area contributed by atoms with Crippen LogP contribution in [0.25, 0.3) is 0 Å². The summed E-state index contributed by atoms with van der Waals surface area (Å²) in [4.78, 5) is 0. The zero-order valence-corrected chi connectivity index (χ0v) is 11.4. The minimum absolute atomic E-state index is 0.255. The van der Waals surface area contributed by atoms with Crippen molar-refractivity contribution in [2.45, 2.75) is 26.1 Å². The zero-order valence-electron chi connectivity index (χ0n) is 11.4. The summed E-state index contributed by atoms with van der Waals surface area (Å²) in [6.07, 6.45) is -4.31. The molecule has 19 heavy (non-hydrogen) atoms. The van der Waals surface area contributed by atoms with E-state index in [0.717, 1.165) is 6.07 Å². The predicted octanol–water partition coefficient (Wildman–Crippen LogP) is 3.64. The average molecular weight is 275 g/mol. The number of ether oxygens (including phenoxy) is 1. The van der Waals surface area contributed by atoms with E-state index in [-0.39, 0.29) is 17.5 Å². The topological polar surface area (TPSA) is 21.3 Å². The quantitative estimate of drug-likeness (QED) is 0.856. The summed E-state index contributed by atoms with van der Waals surface area (Å²) >= 11 is 0. The maximum absolute atomic E-state index is 12.9. The van der Waals surface area contributed by atoms with Gasteiger partial charge in [-0.25, -0.2) is 0 Å². The Balaban J connectivity index is 2.74. The summed E-state index contributed by atoms with van der Waals surface area (Å²) in [7, 11) is 1.61. The Morgan fingerprint density at radius 2 is 1.84 bits per heavy atom. The third-order valence-electron chi connectivity index (χ3n) is 2.96. The van der Waals surface area contributed by atoms with E-state index in [1.54, 1.807) is 20.1 Å². The molecule has 0 saturated heterocycles. The highest BCUT2D eigenvalue weighted by molar-refractivity contribution is 5.32. The van der Waals surface area contributed by atoms with Gasteiger partial charge in [0, 0.05) is 26.3 Å². The van der Waals surface area contributed by atoms with Crippen LogP contribution in [0.1, 0.15) is 31.0 Å². The van der Waals surface area contributed by atoms with Crippen LogP contribution < -0.4 is 5.32 Å². The van der Waals surface area contributed by atoms with Gasteiger partial charge in [-0.2, -0.15) is 13.2 Å². The van der Waals surface area contributed by atoms with Gasteiger partial charge in [0.25, 0.3) is 0 Å². The fourth-order valence-corrected chi connectivity index (χ4v) is 1.96. The number of alkyl halides is 3. The van der Waals surface area contributed by atoms with Gasteiger partial charge in [-0.3, -0.25) is 0 Å². The molecule has 0 heterocycles. The Morgan fingerprint density at radius 3 is 2.42 bits per heavy atom. The van der Waals surface area contributed by atoms with Crippen LogP contribution in [0.15, 0.2) is 24.3 Å². The highest BCUT2D eigenvalue weighted by atomic mass is 19.4. The second-order valence-electron chi connectivity index (χ2n) is 4.78. The maximum Gasteiger partial charge on any atom is 0.416 e. The number of hydrogen-bond donors (Lipinski definition) is 1. The summed E-state index contributed by atoms with van der Waals surface area (Å²) in [5.41, 5.74) is -0.297. The molecule has 0 amide bonds. The zero-order chi connectivity index (χ0) is 14.5. The van der Waals surface area contributed by atoms with E-state index < -0.39 is 11.7 Å². The van der Waals surface area contributed by atoms with Gasteiger partial charge in [-0.05, 0) is 24.5 Å². The minimum Gasteiger partial charge on any atom is -0.384 e. The summed E-state index contributed by atoms with van der Waals surface area (Å²) < 4.78 is 43.6. The molecule has 108 valence electrons. The van der Waals surface area contributed by atoms with Gasteiger partial charge in [0.05, 0.1) is 5.56 Å². The lowest BCUT2D eigenvalue weighted by Crippen LogP contribution is -2.28. The van der Waals surface area contributed by atoms with Crippen molar-refractivity contribution in [3.63, 3.8) is 0 Å². The molecule has 1 N–H and O–H groups in total. The van der Waals surface area contributed by atoms with E-state index in [4.69, 9.17) is 4.74 Å². The molecule has 0 aliphatic rings. The number of hydrogen-bond acceptors (Lipinski definition) is 2. The SMILES string of the molecule is COCC(C)CNC(C)c1ccccc1C(F)(F)F. The van der Waals surface area contributed by atoms with Crippen LogP contribution in [0.3, 0.4) is 0 Å². The molecule has 0 saturated carbocycles. The molecule has 0 aliphatic heterocycles. The smallest absolute Gasteiger partial charge is 0.384 e. The highest BCUT2D eigenvalue weighted by Crippen LogP contribution is 2.34. The summed E-state index contributed by atoms with van der Waals surface area (Å²) in [6, 6.07) is 5.32. The van der Waals surface area contributed by atoms with Crippen molar-refractivity contribution in [2.75, 3.05) is 20.3 Å². The van der Waals surface area contributed by atoms with Crippen LogP contribution in [-0.4, -0.2) is 20.3 Å². The van der Waals surface area contributed by atoms with Gasteiger partial charge in [0.15, 0.2) is 0 Å². The third-order valence-corrected chi connectivity index (χ3v) is 2.96. The third kappa shape index (κ3) is 4.84. The molecule has 0 radical (unpaired) electrons. The Labute approximate surface area is 112 Å². The van der Waals surface area contributed by atoms with Crippen molar-refractivity contribution in [2.24, 2.45) is 5.92 Å². The van der Waals surface area contributed by atoms with E-state index in [9.17, 15) is 13.2 Å². The largest absolute Gasteiger partial charge is 0.416 e. The van der Waals surface area contributed by atoms with Crippen molar-refractivity contribution >= 4 is 0 Å². The monoisotopic (exact) mass is 275 g/mol. The first-order valence-corrected chi connectivity index (χ1v) is 6.24. The fraction of sp³-hybridized carbons (Fsp3) is 0.571. The summed E-state index contributed by atoms with van der Waals surface area (Å²) in [5.74, 6) is 0.255. The first-order valence-electron chi connectivity index (χ1n) is 6.24. The molecule has 0 aromatic heterocycles. The molecular weight excluding hydrogens is 255 g/mol. The number of rotatable bonds is 6. The van der Waals surface area contributed by atoms with Gasteiger partial charge in [0.1, 0.15) is 0 Å². The predicted molar refractivity (Wildman–Crippen MR) is 68.9 cm³/mol. The standard InChI is InChI=1S/C14H20F3NO/c1-10(9-19-3)8-18-11(2)12-6-4-5-7-13(12)14(15,16)17/h4-7,10-11,18H,8-9H2,1-3H3. The molecule has 1 aromatic carbocycles. The van der Waals surface area contributed by atoms with Crippen molar-refractivity contribution in [1.82, 2.24) is 5.32 Å². The van der Waals surface area contributed by atoms with E-state index in [1.165, 1.54) is 12.1 Å². The second-order valence-corrected chi connectivity index (χ2v) is 4.78. The molecule has 2 nitrogen and oxygen atoms in total. The van der Waals surface area contributed by atoms with E-state index in [2.05, 4.69) is 5.32 Å². The lowest BCUT2D eigenvalue weighted by Gasteiger charge is -2.21. The molecule has 0 fully saturated rings. The minimum atomic E-state index is -4.31. The van der Waals surface area contributed by atoms with Crippen LogP contribution in [0.5, 0.6) is 0 Å². The van der Waals surface area contributed by atoms with Gasteiger partial charge in [-0.15, -0.1) is 0 Å². The van der Waals surface area contributed by atoms with E-state index in [1.807, 2.05) is 6.92 Å². The second kappa shape index (κ2) is 6.91. The fourth-order valence-electron chi connectivity index (χ4n) is 1.96. The molecule has 1 aromatic rings. The normalized spacial score (nSPS) is 15.3. The molecule has 0 spiro atoms. The maximum atomic E-state index is 12.9. The lowest BCUT2D eigenvalue weighted by atomic mass is 10.0. The summed E-state index contributed by atoms with van der Waals surface area (Å²) in [5, 5.41) is 3.12. The van der Waals surface area contributed by atoms with Crippen molar-refractivity contribution in [3.8, 4) is 0 Å². The van der Waals surface area contributed by atoms with Crippen molar-refractivity contribution < 1.29 is 17.9 Å². The highest BCUT2D eigenvalue weighted by Gasteiger charge is 2.34. The number of nitrogens with one attached hydrogen (secondary N) is 1. The Morgan fingerprint density at radius 1 is 1.21 bits per heavy atom. The number of methoxy groups -OCH3 is 1. The van der Waals surface area contributed by atoms with E-state index >= 15 is 0 Å². The molecular formula is C14H20F3NO. The van der Waals surface area contributed by atoms with Crippen LogP contribution >= 0.6 is 0 Å². The molecule has 0 bridgehead atoms. The van der Waals surface area contributed by atoms with Gasteiger partial charge >= 0.3 is 6.18 Å². The van der Waals surface area contributed by atoms with Crippen molar-refractivity contribution in [3.05, 3.63) is 35.4 Å². The van der Waals surface area contributed by atoms with Crippen molar-refractivity contribution in [1.29, 1.82) is 0 Å². The molecule has 0 aliphatic carbocycles. The lowest BCUT2D eigenvalue weighted by molar-refractivity contribution is -0.138. The van der Waals surface area contributed by atoms with Crippen LogP contribution in [0.4, 0.5) is 13.2 Å².